The third kappa shape index (κ3) is 3.94. The van der Waals surface area contributed by atoms with Gasteiger partial charge in [-0.3, -0.25) is 0 Å². The smallest absolute Gasteiger partial charge is 0.240 e. The zero-order chi connectivity index (χ0) is 18.1. The average Bonchev–Trinajstić information content (AvgIpc) is 3.46. The zero-order valence-corrected chi connectivity index (χ0v) is 15.5. The van der Waals surface area contributed by atoms with Gasteiger partial charge in [-0.05, 0) is 47.9 Å². The van der Waals surface area contributed by atoms with Crippen LogP contribution < -0.4 is 4.72 Å². The van der Waals surface area contributed by atoms with E-state index < -0.39 is 15.6 Å². The van der Waals surface area contributed by atoms with Gasteiger partial charge in [0.2, 0.25) is 10.0 Å². The van der Waals surface area contributed by atoms with Crippen LogP contribution >= 0.6 is 0 Å². The summed E-state index contributed by atoms with van der Waals surface area (Å²) in [5.74, 6) is 0.448. The van der Waals surface area contributed by atoms with Crippen LogP contribution in [-0.2, 0) is 15.6 Å². The van der Waals surface area contributed by atoms with Crippen molar-refractivity contribution in [3.63, 3.8) is 0 Å². The molecule has 0 radical (unpaired) electrons. The van der Waals surface area contributed by atoms with Crippen LogP contribution in [0.3, 0.4) is 0 Å². The zero-order valence-electron chi connectivity index (χ0n) is 14.6. The molecule has 4 nitrogen and oxygen atoms in total. The number of aliphatic hydroxyl groups is 1. The molecule has 0 aromatic heterocycles. The normalized spacial score (nSPS) is 17.4. The fraction of sp³-hybridized carbons (Fsp3) is 0.400. The first kappa shape index (κ1) is 18.1. The molecule has 1 atom stereocenters. The summed E-state index contributed by atoms with van der Waals surface area (Å²) in [4.78, 5) is 0.225. The summed E-state index contributed by atoms with van der Waals surface area (Å²) in [6.45, 7) is 4.12. The fourth-order valence-corrected chi connectivity index (χ4v) is 4.16. The number of hydrogen-bond donors (Lipinski definition) is 2. The Labute approximate surface area is 150 Å². The van der Waals surface area contributed by atoms with E-state index in [1.54, 1.807) is 12.1 Å². The highest BCUT2D eigenvalue weighted by atomic mass is 32.2. The van der Waals surface area contributed by atoms with Gasteiger partial charge in [0.25, 0.3) is 0 Å². The van der Waals surface area contributed by atoms with Crippen molar-refractivity contribution >= 4 is 10.0 Å². The van der Waals surface area contributed by atoms with Crippen LogP contribution in [0.25, 0.3) is 0 Å². The maximum absolute atomic E-state index is 12.6. The SMILES string of the molecule is CC(C)c1ccc(S(=O)(=O)NCC(O)(c2ccccc2)C2CC2)cc1. The Morgan fingerprint density at radius 3 is 2.20 bits per heavy atom. The molecule has 3 rings (SSSR count). The summed E-state index contributed by atoms with van der Waals surface area (Å²) >= 11 is 0. The first-order valence-electron chi connectivity index (χ1n) is 8.70. The largest absolute Gasteiger partial charge is 0.383 e. The van der Waals surface area contributed by atoms with Crippen LogP contribution in [0.15, 0.2) is 59.5 Å². The molecule has 1 unspecified atom stereocenters. The highest BCUT2D eigenvalue weighted by molar-refractivity contribution is 7.89. The highest BCUT2D eigenvalue weighted by Gasteiger charge is 2.45. The lowest BCUT2D eigenvalue weighted by Crippen LogP contribution is -2.42. The first-order valence-corrected chi connectivity index (χ1v) is 10.2. The molecule has 25 heavy (non-hydrogen) atoms. The maximum Gasteiger partial charge on any atom is 0.240 e. The standard InChI is InChI=1S/C20H25NO3S/c1-15(2)16-8-12-19(13-9-16)25(23,24)21-14-20(22,18-10-11-18)17-6-4-3-5-7-17/h3-9,12-13,15,18,21-22H,10-11,14H2,1-2H3. The molecule has 2 aromatic carbocycles. The monoisotopic (exact) mass is 359 g/mol. The van der Waals surface area contributed by atoms with Gasteiger partial charge < -0.3 is 5.11 Å². The van der Waals surface area contributed by atoms with Crippen LogP contribution in [0, 0.1) is 5.92 Å². The van der Waals surface area contributed by atoms with Gasteiger partial charge in [-0.15, -0.1) is 0 Å². The molecule has 1 aliphatic carbocycles. The Morgan fingerprint density at radius 1 is 1.08 bits per heavy atom. The van der Waals surface area contributed by atoms with Crippen molar-refractivity contribution in [2.45, 2.75) is 43.1 Å². The maximum atomic E-state index is 12.6. The summed E-state index contributed by atoms with van der Waals surface area (Å²) in [6.07, 6.45) is 1.83. The van der Waals surface area contributed by atoms with Gasteiger partial charge in [-0.25, -0.2) is 13.1 Å². The fourth-order valence-electron chi connectivity index (χ4n) is 3.09. The number of sulfonamides is 1. The lowest BCUT2D eigenvalue weighted by molar-refractivity contribution is 0.0185. The molecule has 0 saturated heterocycles. The average molecular weight is 359 g/mol. The van der Waals surface area contributed by atoms with E-state index in [4.69, 9.17) is 0 Å². The topological polar surface area (TPSA) is 66.4 Å². The summed E-state index contributed by atoms with van der Waals surface area (Å²) in [7, 11) is -3.66. The predicted molar refractivity (Wildman–Crippen MR) is 98.8 cm³/mol. The molecular formula is C20H25NO3S. The van der Waals surface area contributed by atoms with Crippen LogP contribution in [0.5, 0.6) is 0 Å². The van der Waals surface area contributed by atoms with Gasteiger partial charge in [0, 0.05) is 6.54 Å². The second kappa shape index (κ2) is 6.90. The Hall–Kier alpha value is -1.69. The molecule has 5 heteroatoms. The van der Waals surface area contributed by atoms with Crippen molar-refractivity contribution in [2.75, 3.05) is 6.54 Å². The van der Waals surface area contributed by atoms with Gasteiger partial charge in [-0.1, -0.05) is 56.3 Å². The molecule has 1 saturated carbocycles. The van der Waals surface area contributed by atoms with Gasteiger partial charge in [0.05, 0.1) is 4.90 Å². The number of nitrogens with one attached hydrogen (secondary N) is 1. The quantitative estimate of drug-likeness (QED) is 0.796. The van der Waals surface area contributed by atoms with Gasteiger partial charge in [0.15, 0.2) is 0 Å². The van der Waals surface area contributed by atoms with E-state index in [0.29, 0.717) is 5.92 Å². The first-order chi connectivity index (χ1) is 11.8. The van der Waals surface area contributed by atoms with Crippen LogP contribution in [0.1, 0.15) is 43.7 Å². The van der Waals surface area contributed by atoms with E-state index >= 15 is 0 Å². The third-order valence-electron chi connectivity index (χ3n) is 4.92. The molecule has 0 amide bonds. The third-order valence-corrected chi connectivity index (χ3v) is 6.33. The summed E-state index contributed by atoms with van der Waals surface area (Å²) in [5.41, 5.74) is 0.694. The summed E-state index contributed by atoms with van der Waals surface area (Å²) in [6, 6.07) is 16.2. The molecular weight excluding hydrogens is 334 g/mol. The minimum atomic E-state index is -3.66. The van der Waals surface area contributed by atoms with E-state index in [0.717, 1.165) is 24.0 Å². The molecule has 0 heterocycles. The van der Waals surface area contributed by atoms with Gasteiger partial charge in [-0.2, -0.15) is 0 Å². The van der Waals surface area contributed by atoms with E-state index in [9.17, 15) is 13.5 Å². The summed E-state index contributed by atoms with van der Waals surface area (Å²) in [5, 5.41) is 11.1. The molecule has 134 valence electrons. The molecule has 1 aliphatic rings. The minimum Gasteiger partial charge on any atom is -0.383 e. The minimum absolute atomic E-state index is 0.0179. The van der Waals surface area contributed by atoms with Crippen molar-refractivity contribution in [3.05, 3.63) is 65.7 Å². The van der Waals surface area contributed by atoms with Crippen molar-refractivity contribution in [1.82, 2.24) is 4.72 Å². The molecule has 0 spiro atoms. The lowest BCUT2D eigenvalue weighted by Gasteiger charge is -2.29. The van der Waals surface area contributed by atoms with Crippen LogP contribution in [-0.4, -0.2) is 20.1 Å². The molecule has 2 N–H and O–H groups in total. The van der Waals surface area contributed by atoms with Gasteiger partial charge >= 0.3 is 0 Å². The molecule has 2 aromatic rings. The van der Waals surface area contributed by atoms with Crippen molar-refractivity contribution in [1.29, 1.82) is 0 Å². The predicted octanol–water partition coefficient (Wildman–Crippen LogP) is 3.39. The van der Waals surface area contributed by atoms with Crippen LogP contribution in [0.4, 0.5) is 0 Å². The Balaban J connectivity index is 1.78. The lowest BCUT2D eigenvalue weighted by atomic mass is 9.89. The summed E-state index contributed by atoms with van der Waals surface area (Å²) < 4.78 is 27.8. The van der Waals surface area contributed by atoms with Crippen molar-refractivity contribution in [3.8, 4) is 0 Å². The van der Waals surface area contributed by atoms with Crippen LogP contribution in [0.2, 0.25) is 0 Å². The van der Waals surface area contributed by atoms with E-state index in [1.165, 1.54) is 0 Å². The number of benzene rings is 2. The number of rotatable bonds is 7. The van der Waals surface area contributed by atoms with E-state index in [2.05, 4.69) is 18.6 Å². The molecule has 1 fully saturated rings. The Bertz CT molecular complexity index is 812. The van der Waals surface area contributed by atoms with Gasteiger partial charge in [0.1, 0.15) is 5.60 Å². The second-order valence-electron chi connectivity index (χ2n) is 7.11. The molecule has 0 aliphatic heterocycles. The Kier molecular flexibility index (Phi) is 5.00. The Morgan fingerprint density at radius 2 is 1.68 bits per heavy atom. The van der Waals surface area contributed by atoms with E-state index in [1.807, 2.05) is 42.5 Å². The van der Waals surface area contributed by atoms with Crippen molar-refractivity contribution < 1.29 is 13.5 Å². The van der Waals surface area contributed by atoms with Crippen molar-refractivity contribution in [2.24, 2.45) is 5.92 Å². The number of hydrogen-bond acceptors (Lipinski definition) is 3. The molecule has 0 bridgehead atoms. The van der Waals surface area contributed by atoms with E-state index in [-0.39, 0.29) is 17.4 Å². The highest BCUT2D eigenvalue weighted by Crippen LogP contribution is 2.45. The second-order valence-corrected chi connectivity index (χ2v) is 8.88.